The van der Waals surface area contributed by atoms with Crippen LogP contribution in [0.3, 0.4) is 0 Å². The first-order valence-electron chi connectivity index (χ1n) is 6.19. The molecule has 1 heterocycles. The van der Waals surface area contributed by atoms with Crippen molar-refractivity contribution in [2.24, 2.45) is 0 Å². The Kier molecular flexibility index (Phi) is 4.39. The molecule has 0 aliphatic heterocycles. The SMILES string of the molecule is O=C(NCC(F)(F)F)c1ccc(-c2cccc(C(F)(F)F)c2)o1. The molecular formula is C14H9F6NO2. The Morgan fingerprint density at radius 2 is 1.74 bits per heavy atom. The third-order valence-electron chi connectivity index (χ3n) is 2.75. The van der Waals surface area contributed by atoms with Crippen LogP contribution in [-0.4, -0.2) is 18.6 Å². The molecule has 3 nitrogen and oxygen atoms in total. The summed E-state index contributed by atoms with van der Waals surface area (Å²) in [6.07, 6.45) is -9.12. The molecule has 2 rings (SSSR count). The molecule has 1 amide bonds. The molecule has 2 aromatic rings. The van der Waals surface area contributed by atoms with Gasteiger partial charge in [-0.3, -0.25) is 4.79 Å². The fraction of sp³-hybridized carbons (Fsp3) is 0.214. The molecule has 0 bridgehead atoms. The Morgan fingerprint density at radius 1 is 1.04 bits per heavy atom. The first-order valence-corrected chi connectivity index (χ1v) is 6.19. The van der Waals surface area contributed by atoms with Crippen molar-refractivity contribution in [2.45, 2.75) is 12.4 Å². The van der Waals surface area contributed by atoms with E-state index in [9.17, 15) is 31.1 Å². The van der Waals surface area contributed by atoms with Crippen molar-refractivity contribution in [2.75, 3.05) is 6.54 Å². The summed E-state index contributed by atoms with van der Waals surface area (Å²) in [4.78, 5) is 11.5. The monoisotopic (exact) mass is 337 g/mol. The molecular weight excluding hydrogens is 328 g/mol. The van der Waals surface area contributed by atoms with Gasteiger partial charge in [0.1, 0.15) is 12.3 Å². The van der Waals surface area contributed by atoms with Gasteiger partial charge in [-0.15, -0.1) is 0 Å². The van der Waals surface area contributed by atoms with E-state index < -0.39 is 36.1 Å². The molecule has 0 aliphatic carbocycles. The summed E-state index contributed by atoms with van der Waals surface area (Å²) in [7, 11) is 0. The van der Waals surface area contributed by atoms with Crippen molar-refractivity contribution >= 4 is 5.91 Å². The van der Waals surface area contributed by atoms with Gasteiger partial charge in [0.05, 0.1) is 5.56 Å². The second-order valence-corrected chi connectivity index (χ2v) is 4.54. The highest BCUT2D eigenvalue weighted by Crippen LogP contribution is 2.32. The quantitative estimate of drug-likeness (QED) is 0.851. The topological polar surface area (TPSA) is 42.2 Å². The minimum Gasteiger partial charge on any atom is -0.451 e. The molecule has 1 N–H and O–H groups in total. The predicted molar refractivity (Wildman–Crippen MR) is 67.5 cm³/mol. The van der Waals surface area contributed by atoms with Crippen LogP contribution in [0.2, 0.25) is 0 Å². The molecule has 1 aromatic heterocycles. The molecule has 23 heavy (non-hydrogen) atoms. The van der Waals surface area contributed by atoms with Gasteiger partial charge in [0, 0.05) is 5.56 Å². The van der Waals surface area contributed by atoms with Crippen molar-refractivity contribution in [3.63, 3.8) is 0 Å². The Hall–Kier alpha value is -2.45. The van der Waals surface area contributed by atoms with E-state index in [0.29, 0.717) is 0 Å². The lowest BCUT2D eigenvalue weighted by atomic mass is 10.1. The minimum absolute atomic E-state index is 0.0506. The van der Waals surface area contributed by atoms with E-state index in [1.54, 1.807) is 5.32 Å². The van der Waals surface area contributed by atoms with Crippen molar-refractivity contribution in [3.05, 3.63) is 47.7 Å². The smallest absolute Gasteiger partial charge is 0.416 e. The maximum atomic E-state index is 12.6. The summed E-state index contributed by atoms with van der Waals surface area (Å²) >= 11 is 0. The van der Waals surface area contributed by atoms with Gasteiger partial charge in [0.2, 0.25) is 0 Å². The Bertz CT molecular complexity index is 702. The summed E-state index contributed by atoms with van der Waals surface area (Å²) in [6, 6.07) is 6.45. The van der Waals surface area contributed by atoms with Crippen molar-refractivity contribution in [1.29, 1.82) is 0 Å². The van der Waals surface area contributed by atoms with E-state index >= 15 is 0 Å². The molecule has 0 atom stereocenters. The zero-order valence-corrected chi connectivity index (χ0v) is 11.3. The van der Waals surface area contributed by atoms with Gasteiger partial charge in [-0.05, 0) is 24.3 Å². The molecule has 1 aromatic carbocycles. The number of hydrogen-bond acceptors (Lipinski definition) is 2. The molecule has 9 heteroatoms. The summed E-state index contributed by atoms with van der Waals surface area (Å²) in [6.45, 7) is -1.54. The molecule has 0 fully saturated rings. The van der Waals surface area contributed by atoms with E-state index in [4.69, 9.17) is 4.42 Å². The lowest BCUT2D eigenvalue weighted by Crippen LogP contribution is -2.33. The summed E-state index contributed by atoms with van der Waals surface area (Å²) in [5, 5.41) is 1.60. The van der Waals surface area contributed by atoms with Crippen LogP contribution < -0.4 is 5.32 Å². The summed E-state index contributed by atoms with van der Waals surface area (Å²) in [5.41, 5.74) is -0.857. The number of amides is 1. The van der Waals surface area contributed by atoms with Crippen molar-refractivity contribution < 1.29 is 35.6 Å². The highest BCUT2D eigenvalue weighted by molar-refractivity contribution is 5.92. The second-order valence-electron chi connectivity index (χ2n) is 4.54. The fourth-order valence-corrected chi connectivity index (χ4v) is 1.73. The average Bonchev–Trinajstić information content (AvgIpc) is 2.93. The standard InChI is InChI=1S/C14H9F6NO2/c15-13(16,17)7-21-12(22)11-5-4-10(23-11)8-2-1-3-9(6-8)14(18,19)20/h1-6H,7H2,(H,21,22). The summed E-state index contributed by atoms with van der Waals surface area (Å²) in [5.74, 6) is -1.60. The van der Waals surface area contributed by atoms with Crippen LogP contribution in [0, 0.1) is 0 Å². The van der Waals surface area contributed by atoms with E-state index in [0.717, 1.165) is 24.3 Å². The molecule has 0 unspecified atom stereocenters. The van der Waals surface area contributed by atoms with Gasteiger partial charge in [0.25, 0.3) is 5.91 Å². The third kappa shape index (κ3) is 4.51. The normalized spacial score (nSPS) is 12.3. The number of nitrogens with one attached hydrogen (secondary N) is 1. The van der Waals surface area contributed by atoms with Gasteiger partial charge in [-0.2, -0.15) is 26.3 Å². The Labute approximate surface area is 125 Å². The largest absolute Gasteiger partial charge is 0.451 e. The Balaban J connectivity index is 2.18. The van der Waals surface area contributed by atoms with E-state index in [-0.39, 0.29) is 11.3 Å². The number of furan rings is 1. The van der Waals surface area contributed by atoms with Crippen LogP contribution in [-0.2, 0) is 6.18 Å². The number of benzene rings is 1. The second kappa shape index (κ2) is 5.98. The fourth-order valence-electron chi connectivity index (χ4n) is 1.73. The Morgan fingerprint density at radius 3 is 2.35 bits per heavy atom. The van der Waals surface area contributed by atoms with Crippen LogP contribution in [0.15, 0.2) is 40.8 Å². The van der Waals surface area contributed by atoms with Gasteiger partial charge in [0.15, 0.2) is 5.76 Å². The maximum Gasteiger partial charge on any atom is 0.416 e. The predicted octanol–water partition coefficient (Wildman–Crippen LogP) is 4.26. The first kappa shape index (κ1) is 16.9. The van der Waals surface area contributed by atoms with E-state index in [1.165, 1.54) is 12.1 Å². The van der Waals surface area contributed by atoms with Crippen LogP contribution in [0.5, 0.6) is 0 Å². The molecule has 0 radical (unpaired) electrons. The third-order valence-corrected chi connectivity index (χ3v) is 2.75. The first-order chi connectivity index (χ1) is 10.6. The zero-order chi connectivity index (χ0) is 17.3. The van der Waals surface area contributed by atoms with E-state index in [1.807, 2.05) is 0 Å². The van der Waals surface area contributed by atoms with Crippen LogP contribution in [0.25, 0.3) is 11.3 Å². The number of halogens is 6. The average molecular weight is 337 g/mol. The number of carbonyl (C=O) groups is 1. The van der Waals surface area contributed by atoms with Crippen molar-refractivity contribution in [1.82, 2.24) is 5.32 Å². The lowest BCUT2D eigenvalue weighted by molar-refractivity contribution is -0.137. The van der Waals surface area contributed by atoms with Gasteiger partial charge in [-0.1, -0.05) is 12.1 Å². The molecule has 0 spiro atoms. The van der Waals surface area contributed by atoms with Crippen LogP contribution in [0.4, 0.5) is 26.3 Å². The minimum atomic E-state index is -4.58. The van der Waals surface area contributed by atoms with Crippen LogP contribution in [0.1, 0.15) is 16.1 Å². The molecule has 0 aliphatic rings. The van der Waals surface area contributed by atoms with E-state index in [2.05, 4.69) is 0 Å². The maximum absolute atomic E-state index is 12.6. The van der Waals surface area contributed by atoms with Crippen LogP contribution >= 0.6 is 0 Å². The van der Waals surface area contributed by atoms with Gasteiger partial charge >= 0.3 is 12.4 Å². The molecule has 0 saturated heterocycles. The lowest BCUT2D eigenvalue weighted by Gasteiger charge is -2.07. The summed E-state index contributed by atoms with van der Waals surface area (Å²) < 4.78 is 78.9. The number of alkyl halides is 6. The number of carbonyl (C=O) groups excluding carboxylic acids is 1. The van der Waals surface area contributed by atoms with Gasteiger partial charge < -0.3 is 9.73 Å². The molecule has 124 valence electrons. The van der Waals surface area contributed by atoms with Gasteiger partial charge in [-0.25, -0.2) is 0 Å². The zero-order valence-electron chi connectivity index (χ0n) is 11.3. The highest BCUT2D eigenvalue weighted by Gasteiger charge is 2.31. The van der Waals surface area contributed by atoms with Crippen molar-refractivity contribution in [3.8, 4) is 11.3 Å². The number of rotatable bonds is 3. The highest BCUT2D eigenvalue weighted by atomic mass is 19.4. The number of hydrogen-bond donors (Lipinski definition) is 1. The molecule has 0 saturated carbocycles.